The number of nitrogens with zero attached hydrogens (tertiary/aromatic N) is 7. The van der Waals surface area contributed by atoms with E-state index >= 15 is 0 Å². The number of anilines is 3. The van der Waals surface area contributed by atoms with E-state index in [2.05, 4.69) is 50.1 Å². The molecule has 1 aromatic carbocycles. The van der Waals surface area contributed by atoms with Crippen LogP contribution >= 0.6 is 12.4 Å². The first-order valence-electron chi connectivity index (χ1n) is 14.7. The molecule has 0 spiro atoms. The Balaban J connectivity index is 0.00000480. The van der Waals surface area contributed by atoms with Gasteiger partial charge >= 0.3 is 0 Å². The second kappa shape index (κ2) is 15.3. The van der Waals surface area contributed by atoms with Crippen LogP contribution in [0.3, 0.4) is 0 Å². The van der Waals surface area contributed by atoms with Gasteiger partial charge in [-0.3, -0.25) is 4.79 Å². The van der Waals surface area contributed by atoms with Gasteiger partial charge in [-0.05, 0) is 44.3 Å². The zero-order valence-electron chi connectivity index (χ0n) is 25.8. The zero-order valence-corrected chi connectivity index (χ0v) is 26.6. The van der Waals surface area contributed by atoms with E-state index < -0.39 is 18.4 Å². The van der Waals surface area contributed by atoms with Crippen molar-refractivity contribution >= 4 is 35.6 Å². The third-order valence-electron chi connectivity index (χ3n) is 8.03. The summed E-state index contributed by atoms with van der Waals surface area (Å²) in [5.41, 5.74) is 2.49. The number of hydrogen-bond acceptors (Lipinski definition) is 11. The topological polar surface area (TPSA) is 140 Å². The van der Waals surface area contributed by atoms with Crippen molar-refractivity contribution in [1.82, 2.24) is 24.8 Å². The monoisotopic (exact) mass is 658 g/mol. The largest absolute Gasteiger partial charge is 0.489 e. The number of alkyl halides is 2. The van der Waals surface area contributed by atoms with E-state index in [-0.39, 0.29) is 31.6 Å². The molecular weight excluding hydrogens is 622 g/mol. The van der Waals surface area contributed by atoms with Gasteiger partial charge in [0.2, 0.25) is 5.88 Å². The number of rotatable bonds is 9. The minimum atomic E-state index is -3.13. The third kappa shape index (κ3) is 7.90. The molecule has 2 N–H and O–H groups in total. The van der Waals surface area contributed by atoms with Crippen LogP contribution in [0, 0.1) is 11.3 Å². The molecular formula is C31H37ClF2N8O4. The average Bonchev–Trinajstić information content (AvgIpc) is 3.05. The van der Waals surface area contributed by atoms with Crippen LogP contribution < -0.4 is 19.7 Å². The highest BCUT2D eigenvalue weighted by Gasteiger charge is 2.33. The van der Waals surface area contributed by atoms with E-state index in [0.29, 0.717) is 59.0 Å². The SMILES string of the molecule is COc1nc(Nc2cc(-c3ccc(OC4CCN(C(=O)[C@H](O)C(F)F)CC4)c(C#N)c3)ncn2)ccc1N1CCN(C)C[C@@H]1C.Cl. The summed E-state index contributed by atoms with van der Waals surface area (Å²) in [5, 5.41) is 22.4. The molecule has 12 nitrogen and oxygen atoms in total. The standard InChI is InChI=1S/C31H36F2N8O4.ClH/c1-19-17-39(2)12-13-41(19)24-5-7-26(38-30(24)44-3)37-27-15-23(35-18-36-27)20-4-6-25(21(14-20)16-34)45-22-8-10-40(11-9-22)31(43)28(42)29(32)33;/h4-7,14-15,18-19,22,28-29,42H,8-13,17H2,1-3H3,(H,35,36,37,38);1H/t19-,28+;/m0./s1. The van der Waals surface area contributed by atoms with E-state index in [1.54, 1.807) is 31.4 Å². The van der Waals surface area contributed by atoms with Gasteiger partial charge in [0.15, 0.2) is 6.10 Å². The number of amides is 1. The number of carbonyl (C=O) groups excluding carboxylic acids is 1. The van der Waals surface area contributed by atoms with E-state index in [1.165, 1.54) is 11.2 Å². The number of aliphatic hydroxyl groups is 1. The Hall–Kier alpha value is -4.32. The molecule has 4 heterocycles. The number of nitriles is 1. The normalized spacial score (nSPS) is 18.0. The maximum atomic E-state index is 12.7. The van der Waals surface area contributed by atoms with Gasteiger partial charge in [0.05, 0.1) is 18.4 Å². The van der Waals surface area contributed by atoms with E-state index in [0.717, 1.165) is 25.3 Å². The molecule has 2 fully saturated rings. The van der Waals surface area contributed by atoms with Crippen molar-refractivity contribution in [3.63, 3.8) is 0 Å². The van der Waals surface area contributed by atoms with Crippen molar-refractivity contribution in [3.05, 3.63) is 48.3 Å². The molecule has 0 radical (unpaired) electrons. The van der Waals surface area contributed by atoms with Gasteiger partial charge in [-0.2, -0.15) is 10.2 Å². The molecule has 46 heavy (non-hydrogen) atoms. The molecule has 15 heteroatoms. The first-order valence-corrected chi connectivity index (χ1v) is 14.7. The highest BCUT2D eigenvalue weighted by molar-refractivity contribution is 5.85. The number of ether oxygens (including phenoxy) is 2. The summed E-state index contributed by atoms with van der Waals surface area (Å²) >= 11 is 0. The molecule has 1 amide bonds. The van der Waals surface area contributed by atoms with E-state index in [1.807, 2.05) is 12.1 Å². The van der Waals surface area contributed by atoms with Gasteiger partial charge in [0, 0.05) is 63.2 Å². The average molecular weight is 659 g/mol. The quantitative estimate of drug-likeness (QED) is 0.348. The molecule has 0 aliphatic carbocycles. The Kier molecular flexibility index (Phi) is 11.5. The van der Waals surface area contributed by atoms with Crippen molar-refractivity contribution in [2.24, 2.45) is 0 Å². The fourth-order valence-electron chi connectivity index (χ4n) is 5.63. The molecule has 0 bridgehead atoms. The molecule has 2 atom stereocenters. The van der Waals surface area contributed by atoms with Gasteiger partial charge in [-0.25, -0.2) is 18.7 Å². The van der Waals surface area contributed by atoms with Crippen LogP contribution in [0.25, 0.3) is 11.3 Å². The Morgan fingerprint density at radius 2 is 1.87 bits per heavy atom. The summed E-state index contributed by atoms with van der Waals surface area (Å²) in [6, 6.07) is 13.2. The third-order valence-corrected chi connectivity index (χ3v) is 8.03. The van der Waals surface area contributed by atoms with E-state index in [9.17, 15) is 23.9 Å². The Morgan fingerprint density at radius 3 is 2.54 bits per heavy atom. The minimum absolute atomic E-state index is 0. The molecule has 5 rings (SSSR count). The number of piperidine rings is 1. The van der Waals surface area contributed by atoms with Gasteiger partial charge in [-0.15, -0.1) is 12.4 Å². The number of pyridine rings is 1. The second-order valence-corrected chi connectivity index (χ2v) is 11.2. The lowest BCUT2D eigenvalue weighted by Gasteiger charge is -2.40. The Bertz CT molecular complexity index is 1550. The van der Waals surface area contributed by atoms with Crippen LogP contribution in [0.5, 0.6) is 11.6 Å². The molecule has 0 unspecified atom stereocenters. The number of hydrogen-bond donors (Lipinski definition) is 2. The molecule has 0 saturated carbocycles. The van der Waals surface area contributed by atoms with Crippen LogP contribution in [0.15, 0.2) is 42.7 Å². The maximum absolute atomic E-state index is 12.7. The van der Waals surface area contributed by atoms with Gasteiger partial charge < -0.3 is 34.6 Å². The summed E-state index contributed by atoms with van der Waals surface area (Å²) in [6.45, 7) is 5.30. The van der Waals surface area contributed by atoms with Crippen molar-refractivity contribution in [2.45, 2.75) is 44.4 Å². The number of piperazine rings is 1. The number of benzene rings is 1. The molecule has 2 aliphatic heterocycles. The van der Waals surface area contributed by atoms with Gasteiger partial charge in [-0.1, -0.05) is 0 Å². The summed E-state index contributed by atoms with van der Waals surface area (Å²) in [6.07, 6.45) is -3.60. The number of methoxy groups -OCH3 is 1. The lowest BCUT2D eigenvalue weighted by molar-refractivity contribution is -0.150. The predicted octanol–water partition coefficient (Wildman–Crippen LogP) is 3.72. The van der Waals surface area contributed by atoms with Crippen LogP contribution in [0.4, 0.5) is 26.1 Å². The number of aliphatic hydroxyl groups excluding tert-OH is 1. The lowest BCUT2D eigenvalue weighted by Crippen LogP contribution is -2.50. The van der Waals surface area contributed by atoms with Gasteiger partial charge in [0.25, 0.3) is 12.3 Å². The molecule has 246 valence electrons. The lowest BCUT2D eigenvalue weighted by atomic mass is 10.1. The van der Waals surface area contributed by atoms with Crippen LogP contribution in [-0.4, -0.2) is 107 Å². The van der Waals surface area contributed by atoms with Gasteiger partial charge in [0.1, 0.15) is 41.6 Å². The smallest absolute Gasteiger partial charge is 0.273 e. The van der Waals surface area contributed by atoms with Crippen molar-refractivity contribution in [1.29, 1.82) is 5.26 Å². The van der Waals surface area contributed by atoms with Crippen molar-refractivity contribution in [3.8, 4) is 29.0 Å². The predicted molar refractivity (Wildman–Crippen MR) is 170 cm³/mol. The second-order valence-electron chi connectivity index (χ2n) is 11.2. The molecule has 3 aromatic rings. The fraction of sp³-hybridized carbons (Fsp3) is 0.452. The number of carbonyl (C=O) groups is 1. The van der Waals surface area contributed by atoms with E-state index in [4.69, 9.17) is 9.47 Å². The van der Waals surface area contributed by atoms with Crippen LogP contribution in [0.1, 0.15) is 25.3 Å². The number of halogens is 3. The summed E-state index contributed by atoms with van der Waals surface area (Å²) in [7, 11) is 3.72. The Labute approximate surface area is 272 Å². The molecule has 2 aliphatic rings. The first-order chi connectivity index (χ1) is 21.7. The minimum Gasteiger partial charge on any atom is -0.489 e. The van der Waals surface area contributed by atoms with Crippen molar-refractivity contribution < 1.29 is 28.2 Å². The number of nitrogens with one attached hydrogen (secondary N) is 1. The fourth-order valence-corrected chi connectivity index (χ4v) is 5.63. The highest BCUT2D eigenvalue weighted by Crippen LogP contribution is 2.32. The van der Waals surface area contributed by atoms with Crippen LogP contribution in [-0.2, 0) is 4.79 Å². The zero-order chi connectivity index (χ0) is 32.1. The molecule has 2 saturated heterocycles. The number of likely N-dealkylation sites (N-methyl/N-ethyl adjacent to an activating group) is 1. The highest BCUT2D eigenvalue weighted by atomic mass is 35.5. The van der Waals surface area contributed by atoms with Crippen molar-refractivity contribution in [2.75, 3.05) is 57.1 Å². The summed E-state index contributed by atoms with van der Waals surface area (Å²) in [4.78, 5) is 31.2. The molecule has 2 aromatic heterocycles. The summed E-state index contributed by atoms with van der Waals surface area (Å²) < 4.78 is 37.1. The first kappa shape index (κ1) is 34.6. The van der Waals surface area contributed by atoms with Crippen LogP contribution in [0.2, 0.25) is 0 Å². The maximum Gasteiger partial charge on any atom is 0.273 e. The Morgan fingerprint density at radius 1 is 1.11 bits per heavy atom. The summed E-state index contributed by atoms with van der Waals surface area (Å²) in [5.74, 6) is 0.962. The number of likely N-dealkylation sites (tertiary alicyclic amines) is 1. The number of aromatic nitrogens is 3.